The fraction of sp³-hybridized carbons (Fsp3) is 0.375. The van der Waals surface area contributed by atoms with Crippen molar-refractivity contribution in [3.63, 3.8) is 0 Å². The summed E-state index contributed by atoms with van der Waals surface area (Å²) in [5.41, 5.74) is 3.18. The largest absolute Gasteiger partial charge is 0.480 e. The van der Waals surface area contributed by atoms with Crippen LogP contribution in [0.5, 0.6) is 0 Å². The zero-order valence-electron chi connectivity index (χ0n) is 18.0. The number of hydrogen-bond acceptors (Lipinski definition) is 4. The summed E-state index contributed by atoms with van der Waals surface area (Å²) in [6.07, 6.45) is 0.251. The first kappa shape index (κ1) is 22.3. The fourth-order valence-corrected chi connectivity index (χ4v) is 4.01. The van der Waals surface area contributed by atoms with Crippen molar-refractivity contribution in [2.24, 2.45) is 0 Å². The number of carbonyl (C=O) groups excluding carboxylic acids is 2. The Balaban J connectivity index is 1.70. The van der Waals surface area contributed by atoms with E-state index in [1.54, 1.807) is 6.92 Å². The van der Waals surface area contributed by atoms with E-state index in [2.05, 4.69) is 22.8 Å². The van der Waals surface area contributed by atoms with Crippen molar-refractivity contribution in [1.29, 1.82) is 0 Å². The number of rotatable bonds is 8. The Bertz CT molecular complexity index is 944. The molecule has 0 radical (unpaired) electrons. The Morgan fingerprint density at radius 3 is 2.13 bits per heavy atom. The molecule has 0 bridgehead atoms. The number of amides is 2. The molecule has 164 valence electrons. The molecule has 3 N–H and O–H groups in total. The predicted octanol–water partition coefficient (Wildman–Crippen LogP) is 3.67. The minimum absolute atomic E-state index is 0.0866. The van der Waals surface area contributed by atoms with Gasteiger partial charge in [-0.3, -0.25) is 9.59 Å². The second kappa shape index (κ2) is 9.20. The average molecular weight is 424 g/mol. The third-order valence-corrected chi connectivity index (χ3v) is 5.69. The van der Waals surface area contributed by atoms with Crippen molar-refractivity contribution < 1.29 is 24.2 Å². The molecule has 0 heterocycles. The lowest BCUT2D eigenvalue weighted by Gasteiger charge is -2.30. The summed E-state index contributed by atoms with van der Waals surface area (Å²) in [6.45, 7) is 4.96. The van der Waals surface area contributed by atoms with Gasteiger partial charge in [-0.15, -0.1) is 0 Å². The van der Waals surface area contributed by atoms with Crippen LogP contribution in [0.2, 0.25) is 0 Å². The summed E-state index contributed by atoms with van der Waals surface area (Å²) in [5.74, 6) is -1.79. The van der Waals surface area contributed by atoms with Gasteiger partial charge in [-0.1, -0.05) is 61.9 Å². The van der Waals surface area contributed by atoms with Crippen LogP contribution in [0.15, 0.2) is 48.5 Å². The predicted molar refractivity (Wildman–Crippen MR) is 117 cm³/mol. The quantitative estimate of drug-likeness (QED) is 0.600. The standard InChI is InChI=1S/C24H28N2O5/c1-4-13-24(3,22(29)25-15(2)21(27)28)26-23(30)31-14-20-18-11-7-5-9-16(18)17-10-6-8-12-19(17)20/h5-12,15,20H,4,13-14H2,1-3H3,(H,25,29)(H,26,30)(H,27,28). The SMILES string of the molecule is CCCC(C)(NC(=O)OCC1c2ccccc2-c2ccccc21)C(=O)NC(C)C(=O)O. The summed E-state index contributed by atoms with van der Waals surface area (Å²) in [7, 11) is 0. The summed E-state index contributed by atoms with van der Waals surface area (Å²) in [6, 6.07) is 15.0. The van der Waals surface area contributed by atoms with Crippen LogP contribution >= 0.6 is 0 Å². The number of nitrogens with one attached hydrogen (secondary N) is 2. The van der Waals surface area contributed by atoms with Crippen LogP contribution in [0, 0.1) is 0 Å². The van der Waals surface area contributed by atoms with Crippen molar-refractivity contribution in [3.05, 3.63) is 59.7 Å². The molecular weight excluding hydrogens is 396 g/mol. The average Bonchev–Trinajstić information content (AvgIpc) is 3.06. The topological polar surface area (TPSA) is 105 Å². The maximum absolute atomic E-state index is 12.6. The molecule has 1 aliphatic rings. The highest BCUT2D eigenvalue weighted by atomic mass is 16.5. The first-order chi connectivity index (χ1) is 14.8. The number of hydrogen-bond donors (Lipinski definition) is 3. The summed E-state index contributed by atoms with van der Waals surface area (Å²) < 4.78 is 5.54. The van der Waals surface area contributed by atoms with Gasteiger partial charge in [0.1, 0.15) is 18.2 Å². The molecule has 7 heteroatoms. The number of carboxylic acids is 1. The first-order valence-electron chi connectivity index (χ1n) is 10.4. The molecule has 0 aliphatic heterocycles. The zero-order chi connectivity index (χ0) is 22.6. The third kappa shape index (κ3) is 4.71. The van der Waals surface area contributed by atoms with E-state index < -0.39 is 29.6 Å². The number of aliphatic carboxylic acids is 1. The second-order valence-corrected chi connectivity index (χ2v) is 8.07. The molecule has 7 nitrogen and oxygen atoms in total. The van der Waals surface area contributed by atoms with E-state index in [9.17, 15) is 14.4 Å². The molecule has 3 rings (SSSR count). The van der Waals surface area contributed by atoms with Crippen molar-refractivity contribution >= 4 is 18.0 Å². The maximum atomic E-state index is 12.6. The van der Waals surface area contributed by atoms with Gasteiger partial charge in [0.15, 0.2) is 0 Å². The first-order valence-corrected chi connectivity index (χ1v) is 10.4. The van der Waals surface area contributed by atoms with Gasteiger partial charge in [0, 0.05) is 5.92 Å². The molecule has 2 amide bonds. The minimum Gasteiger partial charge on any atom is -0.480 e. The fourth-order valence-electron chi connectivity index (χ4n) is 4.01. The Kier molecular flexibility index (Phi) is 6.63. The molecule has 2 atom stereocenters. The molecule has 1 aliphatic carbocycles. The van der Waals surface area contributed by atoms with Crippen molar-refractivity contribution in [2.45, 2.75) is 51.1 Å². The Hall–Kier alpha value is -3.35. The van der Waals surface area contributed by atoms with Crippen LogP contribution < -0.4 is 10.6 Å². The van der Waals surface area contributed by atoms with E-state index in [0.29, 0.717) is 12.8 Å². The van der Waals surface area contributed by atoms with Gasteiger partial charge < -0.3 is 20.5 Å². The van der Waals surface area contributed by atoms with Crippen LogP contribution in [0.25, 0.3) is 11.1 Å². The molecule has 31 heavy (non-hydrogen) atoms. The normalized spacial score (nSPS) is 15.2. The summed E-state index contributed by atoms with van der Waals surface area (Å²) in [5, 5.41) is 14.1. The van der Waals surface area contributed by atoms with Gasteiger partial charge in [-0.2, -0.15) is 0 Å². The highest BCUT2D eigenvalue weighted by Gasteiger charge is 2.37. The number of carbonyl (C=O) groups is 3. The van der Waals surface area contributed by atoms with Gasteiger partial charge >= 0.3 is 12.1 Å². The highest BCUT2D eigenvalue weighted by Crippen LogP contribution is 2.44. The molecule has 0 saturated heterocycles. The van der Waals surface area contributed by atoms with E-state index in [1.165, 1.54) is 6.92 Å². The van der Waals surface area contributed by atoms with Gasteiger partial charge in [0.25, 0.3) is 0 Å². The molecule has 0 fully saturated rings. The number of fused-ring (bicyclic) bond motifs is 3. The van der Waals surface area contributed by atoms with E-state index >= 15 is 0 Å². The van der Waals surface area contributed by atoms with Gasteiger partial charge in [-0.25, -0.2) is 4.79 Å². The van der Waals surface area contributed by atoms with Gasteiger partial charge in [0.2, 0.25) is 5.91 Å². The van der Waals surface area contributed by atoms with E-state index in [1.807, 2.05) is 43.3 Å². The van der Waals surface area contributed by atoms with Crippen molar-refractivity contribution in [1.82, 2.24) is 10.6 Å². The second-order valence-electron chi connectivity index (χ2n) is 8.07. The Morgan fingerprint density at radius 1 is 1.06 bits per heavy atom. The smallest absolute Gasteiger partial charge is 0.408 e. The molecule has 0 aromatic heterocycles. The molecule has 0 spiro atoms. The molecule has 2 unspecified atom stereocenters. The van der Waals surface area contributed by atoms with Crippen molar-refractivity contribution in [2.75, 3.05) is 6.61 Å². The lowest BCUT2D eigenvalue weighted by molar-refractivity contribution is -0.142. The highest BCUT2D eigenvalue weighted by molar-refractivity contribution is 5.92. The number of benzene rings is 2. The van der Waals surface area contributed by atoms with E-state index in [0.717, 1.165) is 22.3 Å². The van der Waals surface area contributed by atoms with Gasteiger partial charge in [-0.05, 0) is 42.5 Å². The number of carboxylic acid groups (broad SMARTS) is 1. The van der Waals surface area contributed by atoms with E-state index in [-0.39, 0.29) is 12.5 Å². The molecule has 2 aromatic rings. The lowest BCUT2D eigenvalue weighted by Crippen LogP contribution is -2.59. The van der Waals surface area contributed by atoms with E-state index in [4.69, 9.17) is 9.84 Å². The van der Waals surface area contributed by atoms with Crippen molar-refractivity contribution in [3.8, 4) is 11.1 Å². The molecular formula is C24H28N2O5. The van der Waals surface area contributed by atoms with Crippen LogP contribution in [0.1, 0.15) is 50.7 Å². The van der Waals surface area contributed by atoms with Gasteiger partial charge in [0.05, 0.1) is 0 Å². The lowest BCUT2D eigenvalue weighted by atomic mass is 9.94. The van der Waals surface area contributed by atoms with Crippen LogP contribution in [-0.2, 0) is 14.3 Å². The molecule has 0 saturated carbocycles. The number of ether oxygens (including phenoxy) is 1. The van der Waals surface area contributed by atoms with Crippen LogP contribution in [-0.4, -0.2) is 41.3 Å². The zero-order valence-corrected chi connectivity index (χ0v) is 18.0. The third-order valence-electron chi connectivity index (χ3n) is 5.69. The Labute approximate surface area is 181 Å². The Morgan fingerprint density at radius 2 is 1.61 bits per heavy atom. The summed E-state index contributed by atoms with van der Waals surface area (Å²) in [4.78, 5) is 36.3. The minimum atomic E-state index is -1.28. The monoisotopic (exact) mass is 424 g/mol. The van der Waals surface area contributed by atoms with Crippen LogP contribution in [0.4, 0.5) is 4.79 Å². The van der Waals surface area contributed by atoms with Crippen LogP contribution in [0.3, 0.4) is 0 Å². The molecule has 2 aromatic carbocycles. The summed E-state index contributed by atoms with van der Waals surface area (Å²) >= 11 is 0. The maximum Gasteiger partial charge on any atom is 0.408 e. The number of alkyl carbamates (subject to hydrolysis) is 1.